The van der Waals surface area contributed by atoms with Gasteiger partial charge in [0, 0.05) is 6.04 Å². The number of hydrogen-bond acceptors (Lipinski definition) is 10. The van der Waals surface area contributed by atoms with Gasteiger partial charge in [-0.2, -0.15) is 15.1 Å². The largest absolute Gasteiger partial charge is 0.386 e. The molecule has 0 radical (unpaired) electrons. The van der Waals surface area contributed by atoms with Gasteiger partial charge in [0.15, 0.2) is 17.8 Å². The molecule has 7 N–H and O–H groups in total. The minimum Gasteiger partial charge on any atom is -0.386 e. The molecule has 3 aromatic rings. The van der Waals surface area contributed by atoms with Crippen molar-refractivity contribution in [3.05, 3.63) is 59.0 Å². The smallest absolute Gasteiger partial charge is 0.340 e. The van der Waals surface area contributed by atoms with E-state index in [2.05, 4.69) is 20.4 Å². The summed E-state index contributed by atoms with van der Waals surface area (Å²) in [5.41, 5.74) is 0.877. The number of rotatable bonds is 12. The van der Waals surface area contributed by atoms with E-state index < -0.39 is 46.1 Å². The van der Waals surface area contributed by atoms with Crippen LogP contribution in [0.15, 0.2) is 48.2 Å². The van der Waals surface area contributed by atoms with Crippen LogP contribution < -0.4 is 5.32 Å². The molecule has 14 nitrogen and oxygen atoms in total. The van der Waals surface area contributed by atoms with Crippen LogP contribution in [0.1, 0.15) is 31.7 Å². The lowest BCUT2D eigenvalue weighted by atomic mass is 10.0. The van der Waals surface area contributed by atoms with Crippen LogP contribution in [0, 0.1) is 0 Å². The van der Waals surface area contributed by atoms with E-state index >= 15 is 0 Å². The fourth-order valence-corrected chi connectivity index (χ4v) is 6.25. The molecule has 0 spiro atoms. The summed E-state index contributed by atoms with van der Waals surface area (Å²) in [5, 5.41) is 39.5. The standard InChI is InChI=1S/C21H28ClN5O9P2/c1-3-13(10-36-38(34,35)11-37(31,32)33)16(28)17(29)20(30)27-19-15(9-23-27)18(25-21(22)26-19)24-12(2)14-7-5-4-6-8-14/h3-9,12,16-17,20,28-30H,10-11H2,1-2H3,(H,34,35)(H,24,25,26)(H2,31,32,33)/b13-3-/t12-,16-,17-,20-/m1/s1. The average Bonchev–Trinajstić information content (AvgIpc) is 3.26. The predicted molar refractivity (Wildman–Crippen MR) is 139 cm³/mol. The molecule has 0 fully saturated rings. The van der Waals surface area contributed by atoms with E-state index in [9.17, 15) is 29.3 Å². The Balaban J connectivity index is 1.80. The van der Waals surface area contributed by atoms with E-state index in [0.29, 0.717) is 11.2 Å². The topological polar surface area (TPSA) is 220 Å². The van der Waals surface area contributed by atoms with Crippen LogP contribution >= 0.6 is 26.8 Å². The third-order valence-electron chi connectivity index (χ3n) is 5.51. The highest BCUT2D eigenvalue weighted by Crippen LogP contribution is 2.55. The van der Waals surface area contributed by atoms with Crippen molar-refractivity contribution in [2.75, 3.05) is 17.8 Å². The second-order valence-corrected chi connectivity index (χ2v) is 12.7. The Hall–Kier alpha value is -2.22. The van der Waals surface area contributed by atoms with Gasteiger partial charge in [0.1, 0.15) is 18.0 Å². The van der Waals surface area contributed by atoms with Crippen LogP contribution in [-0.4, -0.2) is 74.5 Å². The summed E-state index contributed by atoms with van der Waals surface area (Å²) in [5.74, 6) is -1.10. The summed E-state index contributed by atoms with van der Waals surface area (Å²) in [4.78, 5) is 35.8. The molecule has 1 unspecified atom stereocenters. The van der Waals surface area contributed by atoms with Gasteiger partial charge in [-0.05, 0) is 36.6 Å². The number of aromatic nitrogens is 4. The fraction of sp³-hybridized carbons (Fsp3) is 0.381. The maximum Gasteiger partial charge on any atom is 0.340 e. The Morgan fingerprint density at radius 1 is 1.16 bits per heavy atom. The zero-order valence-electron chi connectivity index (χ0n) is 20.2. The fourth-order valence-electron chi connectivity index (χ4n) is 3.55. The van der Waals surface area contributed by atoms with Crippen LogP contribution in [0.2, 0.25) is 5.28 Å². The molecule has 0 amide bonds. The first-order chi connectivity index (χ1) is 17.7. The predicted octanol–water partition coefficient (Wildman–Crippen LogP) is 2.15. The van der Waals surface area contributed by atoms with Crippen LogP contribution in [0.25, 0.3) is 11.0 Å². The van der Waals surface area contributed by atoms with Crippen molar-refractivity contribution in [2.45, 2.75) is 38.3 Å². The van der Waals surface area contributed by atoms with E-state index in [4.69, 9.17) is 25.9 Å². The molecular formula is C21H28ClN5O9P2. The van der Waals surface area contributed by atoms with Crippen molar-refractivity contribution in [3.8, 4) is 0 Å². The SMILES string of the molecule is C/C=C(/COP(=O)(O)CP(=O)(O)O)[C@@H](O)[C@@H](O)[C@@H](O)n1ncc2c(N[C@H](C)c3ccccc3)nc(Cl)nc21. The summed E-state index contributed by atoms with van der Waals surface area (Å²) in [6, 6.07) is 9.32. The number of aliphatic hydroxyl groups is 3. The first kappa shape index (κ1) is 30.3. The molecule has 2 aromatic heterocycles. The first-order valence-corrected chi connectivity index (χ1v) is 15.1. The van der Waals surface area contributed by atoms with Crippen molar-refractivity contribution in [1.82, 2.24) is 19.7 Å². The van der Waals surface area contributed by atoms with E-state index in [1.165, 1.54) is 19.2 Å². The molecule has 0 aliphatic carbocycles. The van der Waals surface area contributed by atoms with Crippen molar-refractivity contribution in [2.24, 2.45) is 0 Å². The molecule has 0 aliphatic heterocycles. The Morgan fingerprint density at radius 3 is 2.42 bits per heavy atom. The van der Waals surface area contributed by atoms with Gasteiger partial charge < -0.3 is 39.8 Å². The second-order valence-electron chi connectivity index (χ2n) is 8.37. The van der Waals surface area contributed by atoms with Gasteiger partial charge in [-0.3, -0.25) is 9.13 Å². The average molecular weight is 592 g/mol. The summed E-state index contributed by atoms with van der Waals surface area (Å²) >= 11 is 6.10. The van der Waals surface area contributed by atoms with Crippen LogP contribution in [-0.2, 0) is 13.7 Å². The molecule has 5 atom stereocenters. The lowest BCUT2D eigenvalue weighted by Gasteiger charge is -2.25. The lowest BCUT2D eigenvalue weighted by Crippen LogP contribution is -2.37. The minimum absolute atomic E-state index is 0.0475. The zero-order chi connectivity index (χ0) is 28.3. The van der Waals surface area contributed by atoms with Gasteiger partial charge in [-0.1, -0.05) is 36.4 Å². The third-order valence-corrected chi connectivity index (χ3v) is 9.11. The number of allylic oxidation sites excluding steroid dienone is 1. The quantitative estimate of drug-likeness (QED) is 0.0912. The maximum atomic E-state index is 11.9. The highest BCUT2D eigenvalue weighted by molar-refractivity contribution is 7.70. The third kappa shape index (κ3) is 7.67. The number of nitrogens with zero attached hydrogens (tertiary/aromatic N) is 4. The Kier molecular flexibility index (Phi) is 9.82. The van der Waals surface area contributed by atoms with Crippen molar-refractivity contribution in [1.29, 1.82) is 0 Å². The van der Waals surface area contributed by atoms with Crippen molar-refractivity contribution in [3.63, 3.8) is 0 Å². The van der Waals surface area contributed by atoms with E-state index in [-0.39, 0.29) is 22.5 Å². The number of aliphatic hydroxyl groups excluding tert-OH is 3. The Labute approximate surface area is 222 Å². The van der Waals surface area contributed by atoms with Gasteiger partial charge in [-0.25, -0.2) is 4.68 Å². The van der Waals surface area contributed by atoms with Gasteiger partial charge in [-0.15, -0.1) is 0 Å². The van der Waals surface area contributed by atoms with E-state index in [1.807, 2.05) is 37.3 Å². The van der Waals surface area contributed by atoms with Crippen molar-refractivity contribution < 1.29 is 43.7 Å². The summed E-state index contributed by atoms with van der Waals surface area (Å²) in [6.07, 6.45) is -3.01. The minimum atomic E-state index is -4.85. The van der Waals surface area contributed by atoms with Crippen LogP contribution in [0.4, 0.5) is 5.82 Å². The molecular weight excluding hydrogens is 564 g/mol. The van der Waals surface area contributed by atoms with Crippen molar-refractivity contribution >= 4 is 43.6 Å². The number of fused-ring (bicyclic) bond motifs is 1. The highest BCUT2D eigenvalue weighted by atomic mass is 35.5. The highest BCUT2D eigenvalue weighted by Gasteiger charge is 2.34. The summed E-state index contributed by atoms with van der Waals surface area (Å²) < 4.78 is 28.6. The van der Waals surface area contributed by atoms with E-state index in [1.54, 1.807) is 0 Å². The Morgan fingerprint density at radius 2 is 1.82 bits per heavy atom. The Bertz CT molecular complexity index is 1380. The lowest BCUT2D eigenvalue weighted by molar-refractivity contribution is -0.0845. The second kappa shape index (κ2) is 12.3. The molecule has 0 aliphatic rings. The van der Waals surface area contributed by atoms with Gasteiger partial charge in [0.2, 0.25) is 5.28 Å². The molecule has 0 saturated heterocycles. The summed E-state index contributed by atoms with van der Waals surface area (Å²) in [6.45, 7) is 2.57. The number of hydrogen-bond donors (Lipinski definition) is 7. The van der Waals surface area contributed by atoms with Gasteiger partial charge >= 0.3 is 15.2 Å². The van der Waals surface area contributed by atoms with Gasteiger partial charge in [0.25, 0.3) is 0 Å². The molecule has 38 heavy (non-hydrogen) atoms. The molecule has 3 rings (SSSR count). The molecule has 0 saturated carbocycles. The molecule has 2 heterocycles. The molecule has 0 bridgehead atoms. The zero-order valence-corrected chi connectivity index (χ0v) is 22.8. The molecule has 208 valence electrons. The molecule has 17 heteroatoms. The molecule has 1 aromatic carbocycles. The first-order valence-electron chi connectivity index (χ1n) is 11.1. The normalized spacial score (nSPS) is 17.6. The van der Waals surface area contributed by atoms with E-state index in [0.717, 1.165) is 10.2 Å². The maximum absolute atomic E-state index is 11.9. The van der Waals surface area contributed by atoms with Gasteiger partial charge in [0.05, 0.1) is 18.2 Å². The summed E-state index contributed by atoms with van der Waals surface area (Å²) in [7, 11) is -9.57. The number of nitrogens with one attached hydrogen (secondary N) is 1. The number of anilines is 1. The van der Waals surface area contributed by atoms with Crippen LogP contribution in [0.5, 0.6) is 0 Å². The monoisotopic (exact) mass is 591 g/mol. The van der Waals surface area contributed by atoms with Crippen LogP contribution in [0.3, 0.4) is 0 Å². The number of halogens is 1. The number of benzene rings is 1.